The van der Waals surface area contributed by atoms with Gasteiger partial charge < -0.3 is 4.74 Å². The third-order valence-electron chi connectivity index (χ3n) is 5.83. The number of benzene rings is 2. The lowest BCUT2D eigenvalue weighted by Crippen LogP contribution is -2.63. The van der Waals surface area contributed by atoms with E-state index in [4.69, 9.17) is 4.74 Å². The molecule has 2 aliphatic rings. The first kappa shape index (κ1) is 18.5. The van der Waals surface area contributed by atoms with Crippen molar-refractivity contribution in [1.29, 1.82) is 0 Å². The first-order valence-corrected chi connectivity index (χ1v) is 10.9. The SMILES string of the molecule is COc1cccc(CN2C[C@H]3CN(S(=O)(=O)c4ccccc4C)CC[C@H]32)c1. The molecule has 4 rings (SSSR count). The number of ether oxygens (including phenoxy) is 1. The number of fused-ring (bicyclic) bond motifs is 1. The van der Waals surface area contributed by atoms with Gasteiger partial charge in [0.05, 0.1) is 12.0 Å². The second-order valence-electron chi connectivity index (χ2n) is 7.53. The van der Waals surface area contributed by atoms with Crippen LogP contribution < -0.4 is 4.74 Å². The second kappa shape index (κ2) is 7.26. The van der Waals surface area contributed by atoms with Crippen LogP contribution in [0.5, 0.6) is 5.75 Å². The molecule has 0 N–H and O–H groups in total. The van der Waals surface area contributed by atoms with E-state index < -0.39 is 10.0 Å². The molecule has 2 aromatic carbocycles. The Kier molecular flexibility index (Phi) is 4.97. The van der Waals surface area contributed by atoms with Crippen LogP contribution >= 0.6 is 0 Å². The van der Waals surface area contributed by atoms with Gasteiger partial charge in [-0.3, -0.25) is 4.90 Å². The van der Waals surface area contributed by atoms with Crippen molar-refractivity contribution in [1.82, 2.24) is 9.21 Å². The van der Waals surface area contributed by atoms with Crippen LogP contribution in [0.4, 0.5) is 0 Å². The van der Waals surface area contributed by atoms with Crippen molar-refractivity contribution in [3.8, 4) is 5.75 Å². The fraction of sp³-hybridized carbons (Fsp3) is 0.429. The monoisotopic (exact) mass is 386 g/mol. The maximum Gasteiger partial charge on any atom is 0.243 e. The van der Waals surface area contributed by atoms with E-state index in [0.717, 1.165) is 30.8 Å². The molecule has 0 bridgehead atoms. The van der Waals surface area contributed by atoms with Gasteiger partial charge in [-0.1, -0.05) is 30.3 Å². The summed E-state index contributed by atoms with van der Waals surface area (Å²) in [6, 6.07) is 15.9. The standard InChI is InChI=1S/C21H26N2O3S/c1-16-6-3-4-9-21(16)27(24,25)23-11-10-20-18(15-23)14-22(20)13-17-7-5-8-19(12-17)26-2/h3-9,12,18,20H,10-11,13-15H2,1-2H3/t18-,20+/m0/s1. The van der Waals surface area contributed by atoms with Crippen molar-refractivity contribution in [2.75, 3.05) is 26.7 Å². The average molecular weight is 387 g/mol. The van der Waals surface area contributed by atoms with Gasteiger partial charge in [-0.2, -0.15) is 4.31 Å². The van der Waals surface area contributed by atoms with Crippen LogP contribution in [0.25, 0.3) is 0 Å². The summed E-state index contributed by atoms with van der Waals surface area (Å²) in [5, 5.41) is 0. The number of sulfonamides is 1. The van der Waals surface area contributed by atoms with Crippen LogP contribution in [0.15, 0.2) is 53.4 Å². The summed E-state index contributed by atoms with van der Waals surface area (Å²) in [6.45, 7) is 4.91. The Bertz CT molecular complexity index is 929. The zero-order chi connectivity index (χ0) is 19.0. The number of methoxy groups -OCH3 is 1. The molecule has 0 aromatic heterocycles. The molecule has 2 aliphatic heterocycles. The lowest BCUT2D eigenvalue weighted by molar-refractivity contribution is -0.0306. The normalized spacial score (nSPS) is 23.5. The van der Waals surface area contributed by atoms with Crippen LogP contribution in [-0.4, -0.2) is 50.4 Å². The van der Waals surface area contributed by atoms with Gasteiger partial charge in [-0.15, -0.1) is 0 Å². The Balaban J connectivity index is 1.41. The summed E-state index contributed by atoms with van der Waals surface area (Å²) in [5.41, 5.74) is 2.05. The number of aryl methyl sites for hydroxylation is 1. The number of nitrogens with zero attached hydrogens (tertiary/aromatic N) is 2. The number of rotatable bonds is 5. The van der Waals surface area contributed by atoms with Gasteiger partial charge >= 0.3 is 0 Å². The molecule has 0 unspecified atom stereocenters. The Hall–Kier alpha value is -1.89. The molecule has 0 radical (unpaired) electrons. The molecule has 2 atom stereocenters. The Morgan fingerprint density at radius 3 is 2.67 bits per heavy atom. The number of hydrogen-bond donors (Lipinski definition) is 0. The molecule has 0 saturated carbocycles. The fourth-order valence-corrected chi connectivity index (χ4v) is 6.07. The Morgan fingerprint density at radius 2 is 1.93 bits per heavy atom. The van der Waals surface area contributed by atoms with Crippen LogP contribution in [-0.2, 0) is 16.6 Å². The van der Waals surface area contributed by atoms with Gasteiger partial charge in [0.15, 0.2) is 0 Å². The Morgan fingerprint density at radius 1 is 1.11 bits per heavy atom. The molecule has 27 heavy (non-hydrogen) atoms. The maximum absolute atomic E-state index is 13.0. The largest absolute Gasteiger partial charge is 0.497 e. The Labute approximate surface area is 161 Å². The molecule has 2 aromatic rings. The van der Waals surface area contributed by atoms with E-state index in [9.17, 15) is 8.42 Å². The van der Waals surface area contributed by atoms with Crippen molar-refractivity contribution in [2.45, 2.75) is 30.8 Å². The molecule has 2 fully saturated rings. The number of likely N-dealkylation sites (tertiary alicyclic amines) is 1. The van der Waals surface area contributed by atoms with Crippen molar-refractivity contribution < 1.29 is 13.2 Å². The van der Waals surface area contributed by atoms with Gasteiger partial charge in [-0.05, 0) is 42.7 Å². The van der Waals surface area contributed by atoms with Crippen molar-refractivity contribution in [2.24, 2.45) is 5.92 Å². The van der Waals surface area contributed by atoms with Crippen molar-refractivity contribution in [3.05, 3.63) is 59.7 Å². The average Bonchev–Trinajstić information content (AvgIpc) is 2.66. The molecule has 2 saturated heterocycles. The van der Waals surface area contributed by atoms with Crippen LogP contribution in [0.2, 0.25) is 0 Å². The summed E-state index contributed by atoms with van der Waals surface area (Å²) in [7, 11) is -1.72. The molecule has 6 heteroatoms. The quantitative estimate of drug-likeness (QED) is 0.793. The van der Waals surface area contributed by atoms with Crippen LogP contribution in [0.3, 0.4) is 0 Å². The fourth-order valence-electron chi connectivity index (χ4n) is 4.34. The zero-order valence-corrected chi connectivity index (χ0v) is 16.7. The molecular formula is C21H26N2O3S. The number of piperidine rings is 1. The third kappa shape index (κ3) is 3.49. The zero-order valence-electron chi connectivity index (χ0n) is 15.8. The first-order chi connectivity index (χ1) is 13.0. The summed E-state index contributed by atoms with van der Waals surface area (Å²) in [5.74, 6) is 1.30. The molecule has 0 amide bonds. The minimum absolute atomic E-state index is 0.420. The summed E-state index contributed by atoms with van der Waals surface area (Å²) in [4.78, 5) is 2.90. The van der Waals surface area contributed by atoms with Crippen LogP contribution in [0, 0.1) is 12.8 Å². The highest BCUT2D eigenvalue weighted by molar-refractivity contribution is 7.89. The van der Waals surface area contributed by atoms with Gasteiger partial charge in [0.25, 0.3) is 0 Å². The van der Waals surface area contributed by atoms with Gasteiger partial charge in [0.2, 0.25) is 10.0 Å². The lowest BCUT2D eigenvalue weighted by Gasteiger charge is -2.53. The lowest BCUT2D eigenvalue weighted by atomic mass is 9.83. The molecule has 0 spiro atoms. The van der Waals surface area contributed by atoms with Crippen LogP contribution in [0.1, 0.15) is 17.5 Å². The first-order valence-electron chi connectivity index (χ1n) is 9.42. The summed E-state index contributed by atoms with van der Waals surface area (Å²) < 4.78 is 33.0. The summed E-state index contributed by atoms with van der Waals surface area (Å²) >= 11 is 0. The van der Waals surface area contributed by atoms with E-state index in [1.807, 2.05) is 31.2 Å². The predicted molar refractivity (Wildman–Crippen MR) is 105 cm³/mol. The molecule has 0 aliphatic carbocycles. The van der Waals surface area contributed by atoms with Gasteiger partial charge in [0.1, 0.15) is 5.75 Å². The molecule has 2 heterocycles. The van der Waals surface area contributed by atoms with Gasteiger partial charge in [0, 0.05) is 38.1 Å². The third-order valence-corrected chi connectivity index (χ3v) is 7.85. The highest BCUT2D eigenvalue weighted by Crippen LogP contribution is 2.36. The predicted octanol–water partition coefficient (Wildman–Crippen LogP) is 2.90. The maximum atomic E-state index is 13.0. The number of hydrogen-bond acceptors (Lipinski definition) is 4. The minimum Gasteiger partial charge on any atom is -0.497 e. The minimum atomic E-state index is -3.40. The van der Waals surface area contributed by atoms with Crippen molar-refractivity contribution >= 4 is 10.0 Å². The van der Waals surface area contributed by atoms with E-state index in [0.29, 0.717) is 29.9 Å². The van der Waals surface area contributed by atoms with E-state index in [1.165, 1.54) is 5.56 Å². The van der Waals surface area contributed by atoms with Crippen molar-refractivity contribution in [3.63, 3.8) is 0 Å². The summed E-state index contributed by atoms with van der Waals surface area (Å²) in [6.07, 6.45) is 0.889. The molecule has 144 valence electrons. The second-order valence-corrected chi connectivity index (χ2v) is 9.43. The molecular weight excluding hydrogens is 360 g/mol. The highest BCUT2D eigenvalue weighted by Gasteiger charge is 2.45. The van der Waals surface area contributed by atoms with E-state index >= 15 is 0 Å². The van der Waals surface area contributed by atoms with E-state index in [2.05, 4.69) is 17.0 Å². The van der Waals surface area contributed by atoms with E-state index in [-0.39, 0.29) is 0 Å². The van der Waals surface area contributed by atoms with E-state index in [1.54, 1.807) is 23.5 Å². The smallest absolute Gasteiger partial charge is 0.243 e. The molecule has 5 nitrogen and oxygen atoms in total. The highest BCUT2D eigenvalue weighted by atomic mass is 32.2. The van der Waals surface area contributed by atoms with Gasteiger partial charge in [-0.25, -0.2) is 8.42 Å². The topological polar surface area (TPSA) is 49.9 Å².